The van der Waals surface area contributed by atoms with Crippen molar-refractivity contribution in [3.05, 3.63) is 28.8 Å². The fourth-order valence-corrected chi connectivity index (χ4v) is 1.87. The first-order valence-corrected chi connectivity index (χ1v) is 5.75. The monoisotopic (exact) mass is 257 g/mol. The van der Waals surface area contributed by atoms with Gasteiger partial charge in [-0.05, 0) is 32.0 Å². The normalized spacial score (nSPS) is 10.6. The largest absolute Gasteiger partial charge is 0.478 e. The maximum absolute atomic E-state index is 11.2. The standard InChI is InChI=1S/C12H16ClNO3/c1-8(2)14(5-6-15)11-4-3-9(13)7-10(11)12(16)17/h3-4,7-8,15H,5-6H2,1-2H3,(H,16,17). The van der Waals surface area contributed by atoms with Crippen LogP contribution in [0, 0.1) is 0 Å². The van der Waals surface area contributed by atoms with Crippen LogP contribution in [0.2, 0.25) is 5.02 Å². The number of aromatic carboxylic acids is 1. The maximum Gasteiger partial charge on any atom is 0.337 e. The second-order valence-corrected chi connectivity index (χ2v) is 4.41. The van der Waals surface area contributed by atoms with Crippen molar-refractivity contribution < 1.29 is 15.0 Å². The van der Waals surface area contributed by atoms with Crippen LogP contribution in [0.5, 0.6) is 0 Å². The summed E-state index contributed by atoms with van der Waals surface area (Å²) in [5, 5.41) is 18.5. The van der Waals surface area contributed by atoms with Crippen LogP contribution in [0.1, 0.15) is 24.2 Å². The van der Waals surface area contributed by atoms with Gasteiger partial charge in [0.2, 0.25) is 0 Å². The molecule has 0 heterocycles. The molecule has 0 saturated carbocycles. The Labute approximate surface area is 105 Å². The number of nitrogens with zero attached hydrogens (tertiary/aromatic N) is 1. The Hall–Kier alpha value is -1.26. The summed E-state index contributed by atoms with van der Waals surface area (Å²) >= 11 is 5.79. The molecule has 0 aliphatic carbocycles. The minimum Gasteiger partial charge on any atom is -0.478 e. The lowest BCUT2D eigenvalue weighted by molar-refractivity contribution is 0.0697. The highest BCUT2D eigenvalue weighted by Gasteiger charge is 2.18. The van der Waals surface area contributed by atoms with Gasteiger partial charge in [-0.1, -0.05) is 11.6 Å². The van der Waals surface area contributed by atoms with Gasteiger partial charge in [-0.25, -0.2) is 4.79 Å². The predicted molar refractivity (Wildman–Crippen MR) is 68.0 cm³/mol. The third-order valence-electron chi connectivity index (χ3n) is 2.46. The average Bonchev–Trinajstić information content (AvgIpc) is 2.26. The molecule has 0 fully saturated rings. The van der Waals surface area contributed by atoms with Gasteiger partial charge in [0.25, 0.3) is 0 Å². The van der Waals surface area contributed by atoms with Crippen LogP contribution in [0.3, 0.4) is 0 Å². The molecule has 94 valence electrons. The highest BCUT2D eigenvalue weighted by atomic mass is 35.5. The molecular formula is C12H16ClNO3. The zero-order chi connectivity index (χ0) is 13.0. The lowest BCUT2D eigenvalue weighted by Crippen LogP contribution is -2.34. The summed E-state index contributed by atoms with van der Waals surface area (Å²) in [6.45, 7) is 4.24. The summed E-state index contributed by atoms with van der Waals surface area (Å²) < 4.78 is 0. The van der Waals surface area contributed by atoms with Crippen molar-refractivity contribution in [1.82, 2.24) is 0 Å². The number of rotatable bonds is 5. The Balaban J connectivity index is 3.22. The number of anilines is 1. The van der Waals surface area contributed by atoms with Crippen LogP contribution in [0.15, 0.2) is 18.2 Å². The number of aliphatic hydroxyl groups excluding tert-OH is 1. The third-order valence-corrected chi connectivity index (χ3v) is 2.70. The zero-order valence-electron chi connectivity index (χ0n) is 9.85. The van der Waals surface area contributed by atoms with Gasteiger partial charge in [0.1, 0.15) is 0 Å². The Bertz CT molecular complexity index is 407. The maximum atomic E-state index is 11.2. The van der Waals surface area contributed by atoms with Crippen LogP contribution in [0.25, 0.3) is 0 Å². The van der Waals surface area contributed by atoms with Crippen LogP contribution in [0.4, 0.5) is 5.69 Å². The topological polar surface area (TPSA) is 60.8 Å². The van der Waals surface area contributed by atoms with Crippen molar-refractivity contribution >= 4 is 23.3 Å². The van der Waals surface area contributed by atoms with Crippen LogP contribution >= 0.6 is 11.6 Å². The molecule has 0 aromatic heterocycles. The lowest BCUT2D eigenvalue weighted by atomic mass is 10.1. The first kappa shape index (κ1) is 13.8. The van der Waals surface area contributed by atoms with Crippen molar-refractivity contribution in [3.63, 3.8) is 0 Å². The summed E-state index contributed by atoms with van der Waals surface area (Å²) in [5.41, 5.74) is 0.727. The number of carbonyl (C=O) groups is 1. The van der Waals surface area contributed by atoms with Crippen molar-refractivity contribution in [2.75, 3.05) is 18.1 Å². The van der Waals surface area contributed by atoms with E-state index in [1.165, 1.54) is 6.07 Å². The van der Waals surface area contributed by atoms with Gasteiger partial charge in [0, 0.05) is 17.6 Å². The van der Waals surface area contributed by atoms with Crippen molar-refractivity contribution in [2.45, 2.75) is 19.9 Å². The van der Waals surface area contributed by atoms with E-state index in [-0.39, 0.29) is 18.2 Å². The molecule has 0 spiro atoms. The lowest BCUT2D eigenvalue weighted by Gasteiger charge is -2.29. The molecule has 0 saturated heterocycles. The molecule has 1 aromatic carbocycles. The van der Waals surface area contributed by atoms with E-state index in [0.717, 1.165) is 0 Å². The molecule has 0 aliphatic heterocycles. The van der Waals surface area contributed by atoms with Crippen LogP contribution in [-0.4, -0.2) is 35.4 Å². The number of carboxylic acids is 1. The Kier molecular flexibility index (Phi) is 4.78. The summed E-state index contributed by atoms with van der Waals surface area (Å²) in [7, 11) is 0. The van der Waals surface area contributed by atoms with E-state index in [9.17, 15) is 4.79 Å². The quantitative estimate of drug-likeness (QED) is 0.849. The molecule has 0 atom stereocenters. The highest BCUT2D eigenvalue weighted by molar-refractivity contribution is 6.31. The van der Waals surface area contributed by atoms with Gasteiger partial charge in [-0.3, -0.25) is 0 Å². The van der Waals surface area contributed by atoms with Gasteiger partial charge in [0.05, 0.1) is 17.9 Å². The minimum absolute atomic E-state index is 0.0279. The summed E-state index contributed by atoms with van der Waals surface area (Å²) in [6, 6.07) is 4.84. The van der Waals surface area contributed by atoms with Gasteiger partial charge in [-0.15, -0.1) is 0 Å². The second kappa shape index (κ2) is 5.89. The molecule has 0 unspecified atom stereocenters. The second-order valence-electron chi connectivity index (χ2n) is 3.98. The summed E-state index contributed by atoms with van der Waals surface area (Å²) in [6.07, 6.45) is 0. The van der Waals surface area contributed by atoms with E-state index in [1.54, 1.807) is 12.1 Å². The zero-order valence-corrected chi connectivity index (χ0v) is 10.6. The van der Waals surface area contributed by atoms with E-state index in [2.05, 4.69) is 0 Å². The minimum atomic E-state index is -1.02. The molecule has 2 N–H and O–H groups in total. The van der Waals surface area contributed by atoms with Gasteiger partial charge < -0.3 is 15.1 Å². The Morgan fingerprint density at radius 3 is 2.59 bits per heavy atom. The molecule has 0 amide bonds. The molecule has 1 aromatic rings. The van der Waals surface area contributed by atoms with E-state index < -0.39 is 5.97 Å². The number of hydrogen-bond acceptors (Lipinski definition) is 3. The average molecular weight is 258 g/mol. The molecule has 4 nitrogen and oxygen atoms in total. The predicted octanol–water partition coefficient (Wildman–Crippen LogP) is 2.25. The molecule has 5 heteroatoms. The molecule has 0 radical (unpaired) electrons. The number of benzene rings is 1. The van der Waals surface area contributed by atoms with Crippen molar-refractivity contribution in [3.8, 4) is 0 Å². The number of aliphatic hydroxyl groups is 1. The van der Waals surface area contributed by atoms with Gasteiger partial charge in [-0.2, -0.15) is 0 Å². The summed E-state index contributed by atoms with van der Waals surface area (Å²) in [5.74, 6) is -1.02. The van der Waals surface area contributed by atoms with E-state index >= 15 is 0 Å². The fraction of sp³-hybridized carbons (Fsp3) is 0.417. The van der Waals surface area contributed by atoms with Crippen LogP contribution < -0.4 is 4.90 Å². The molecule has 0 bridgehead atoms. The fourth-order valence-electron chi connectivity index (χ4n) is 1.69. The van der Waals surface area contributed by atoms with E-state index in [0.29, 0.717) is 17.3 Å². The first-order valence-electron chi connectivity index (χ1n) is 5.37. The number of carboxylic acid groups (broad SMARTS) is 1. The molecule has 17 heavy (non-hydrogen) atoms. The van der Waals surface area contributed by atoms with Crippen molar-refractivity contribution in [2.24, 2.45) is 0 Å². The van der Waals surface area contributed by atoms with Gasteiger partial charge >= 0.3 is 5.97 Å². The highest BCUT2D eigenvalue weighted by Crippen LogP contribution is 2.25. The van der Waals surface area contributed by atoms with Crippen LogP contribution in [-0.2, 0) is 0 Å². The van der Waals surface area contributed by atoms with E-state index in [4.69, 9.17) is 21.8 Å². The van der Waals surface area contributed by atoms with Gasteiger partial charge in [0.15, 0.2) is 0 Å². The van der Waals surface area contributed by atoms with E-state index in [1.807, 2.05) is 18.7 Å². The SMILES string of the molecule is CC(C)N(CCO)c1ccc(Cl)cc1C(=O)O. The number of hydrogen-bond donors (Lipinski definition) is 2. The van der Waals surface area contributed by atoms with Crippen molar-refractivity contribution in [1.29, 1.82) is 0 Å². The number of halogens is 1. The third kappa shape index (κ3) is 3.35. The summed E-state index contributed by atoms with van der Waals surface area (Å²) in [4.78, 5) is 13.0. The molecular weight excluding hydrogens is 242 g/mol. The molecule has 1 rings (SSSR count). The Morgan fingerprint density at radius 1 is 1.47 bits per heavy atom. The first-order chi connectivity index (χ1) is 7.97. The Morgan fingerprint density at radius 2 is 2.12 bits per heavy atom. The molecule has 0 aliphatic rings. The smallest absolute Gasteiger partial charge is 0.337 e.